The van der Waals surface area contributed by atoms with Gasteiger partial charge in [0.05, 0.1) is 59.2 Å². The highest BCUT2D eigenvalue weighted by Crippen LogP contribution is 2.39. The summed E-state index contributed by atoms with van der Waals surface area (Å²) in [7, 11) is 0. The Labute approximate surface area is 292 Å². The number of carboxylic acid groups (broad SMARTS) is 2. The van der Waals surface area contributed by atoms with Crippen LogP contribution in [-0.4, -0.2) is 58.0 Å². The molecule has 0 saturated carbocycles. The Morgan fingerprint density at radius 1 is 0.765 bits per heavy atom. The maximum Gasteiger partial charge on any atom is 0.335 e. The Bertz CT molecular complexity index is 2310. The molecular formula is C37H33N9O5. The summed E-state index contributed by atoms with van der Waals surface area (Å²) in [5.74, 6) is -2.25. The molecule has 0 aliphatic carbocycles. The molecule has 2 aromatic heterocycles. The standard InChI is InChI=1S/C37H33N9O5/c1-22-8-10-24(35(48)49)16-32(22)45-20-28(40-42-45)18-38-27-14-12-26(13-15-27)37(3)39-34(47)30-6-4-5-7-31(30)44(37)19-29-21-46(43-41-29)33-17-25(36(50)51)11-9-23(33)2/h4-17,20-21,38H,18-19H2,1-3H3,(H,39,47)(H,48,49)(H,50,51). The summed E-state index contributed by atoms with van der Waals surface area (Å²) < 4.78 is 3.13. The van der Waals surface area contributed by atoms with Crippen molar-refractivity contribution in [1.82, 2.24) is 35.3 Å². The summed E-state index contributed by atoms with van der Waals surface area (Å²) in [6, 6.07) is 24.8. The van der Waals surface area contributed by atoms with Crippen LogP contribution < -0.4 is 15.5 Å². The molecule has 6 aromatic rings. The first-order valence-electron chi connectivity index (χ1n) is 16.0. The van der Waals surface area contributed by atoms with Crippen molar-refractivity contribution in [2.75, 3.05) is 10.2 Å². The zero-order valence-corrected chi connectivity index (χ0v) is 27.9. The molecule has 1 unspecified atom stereocenters. The molecule has 0 bridgehead atoms. The number of nitrogens with zero attached hydrogens (tertiary/aromatic N) is 7. The molecule has 51 heavy (non-hydrogen) atoms. The van der Waals surface area contributed by atoms with Gasteiger partial charge >= 0.3 is 11.9 Å². The van der Waals surface area contributed by atoms with Gasteiger partial charge in [-0.2, -0.15) is 0 Å². The maximum atomic E-state index is 13.4. The van der Waals surface area contributed by atoms with E-state index < -0.39 is 17.6 Å². The van der Waals surface area contributed by atoms with Crippen LogP contribution >= 0.6 is 0 Å². The third kappa shape index (κ3) is 6.25. The minimum absolute atomic E-state index is 0.149. The van der Waals surface area contributed by atoms with E-state index in [0.717, 1.165) is 28.1 Å². The maximum absolute atomic E-state index is 13.4. The monoisotopic (exact) mass is 683 g/mol. The molecule has 3 heterocycles. The van der Waals surface area contributed by atoms with Crippen LogP contribution in [0.4, 0.5) is 11.4 Å². The zero-order valence-electron chi connectivity index (χ0n) is 27.9. The SMILES string of the molecule is Cc1ccc(C(=O)O)cc1-n1cc(CNc2ccc(C3(C)NC(=O)c4ccccc4N3Cc3cn(-c4cc(C(=O)O)ccc4C)nn3)cc2)nn1. The lowest BCUT2D eigenvalue weighted by Crippen LogP contribution is -2.59. The highest BCUT2D eigenvalue weighted by atomic mass is 16.4. The lowest BCUT2D eigenvalue weighted by molar-refractivity contribution is 0.0686. The summed E-state index contributed by atoms with van der Waals surface area (Å²) >= 11 is 0. The van der Waals surface area contributed by atoms with Gasteiger partial charge in [0.2, 0.25) is 0 Å². The smallest absolute Gasteiger partial charge is 0.335 e. The number of carbonyl (C=O) groups is 3. The number of aryl methyl sites for hydroxylation is 2. The second-order valence-corrected chi connectivity index (χ2v) is 12.5. The summed E-state index contributed by atoms with van der Waals surface area (Å²) in [5.41, 5.74) is 6.48. The van der Waals surface area contributed by atoms with Crippen LogP contribution in [0, 0.1) is 13.8 Å². The van der Waals surface area contributed by atoms with E-state index in [0.29, 0.717) is 34.9 Å². The van der Waals surface area contributed by atoms with Gasteiger partial charge in [-0.3, -0.25) is 4.79 Å². The number of fused-ring (bicyclic) bond motifs is 1. The normalized spacial score (nSPS) is 15.3. The molecule has 4 aromatic carbocycles. The van der Waals surface area contributed by atoms with Crippen molar-refractivity contribution in [3.8, 4) is 11.4 Å². The Hall–Kier alpha value is -6.83. The molecule has 0 radical (unpaired) electrons. The number of carboxylic acids is 2. The number of benzene rings is 4. The van der Waals surface area contributed by atoms with Gasteiger partial charge in [0.1, 0.15) is 17.1 Å². The number of aromatic nitrogens is 6. The number of aromatic carboxylic acids is 2. The molecule has 1 aliphatic heterocycles. The van der Waals surface area contributed by atoms with Gasteiger partial charge in [0, 0.05) is 5.69 Å². The van der Waals surface area contributed by atoms with Crippen LogP contribution in [0.2, 0.25) is 0 Å². The van der Waals surface area contributed by atoms with Crippen molar-refractivity contribution in [2.45, 2.75) is 39.5 Å². The highest BCUT2D eigenvalue weighted by molar-refractivity contribution is 6.02. The Morgan fingerprint density at radius 3 is 1.94 bits per heavy atom. The van der Waals surface area contributed by atoms with Crippen LogP contribution in [0.25, 0.3) is 11.4 Å². The van der Waals surface area contributed by atoms with Crippen molar-refractivity contribution >= 4 is 29.2 Å². The minimum Gasteiger partial charge on any atom is -0.478 e. The van der Waals surface area contributed by atoms with Crippen molar-refractivity contribution in [2.24, 2.45) is 0 Å². The number of carbonyl (C=O) groups excluding carboxylic acids is 1. The Morgan fingerprint density at radius 2 is 1.33 bits per heavy atom. The van der Waals surface area contributed by atoms with Gasteiger partial charge < -0.3 is 25.7 Å². The lowest BCUT2D eigenvalue weighted by atomic mass is 9.93. The topological polar surface area (TPSA) is 180 Å². The van der Waals surface area contributed by atoms with E-state index in [2.05, 4.69) is 36.2 Å². The fraction of sp³-hybridized carbons (Fsp3) is 0.162. The van der Waals surface area contributed by atoms with Crippen molar-refractivity contribution < 1.29 is 24.6 Å². The van der Waals surface area contributed by atoms with Gasteiger partial charge in [-0.1, -0.05) is 46.8 Å². The molecule has 1 atom stereocenters. The number of rotatable bonds is 10. The second kappa shape index (κ2) is 12.9. The highest BCUT2D eigenvalue weighted by Gasteiger charge is 2.42. The van der Waals surface area contributed by atoms with E-state index in [4.69, 9.17) is 0 Å². The quantitative estimate of drug-likeness (QED) is 0.151. The first kappa shape index (κ1) is 32.7. The molecule has 0 spiro atoms. The van der Waals surface area contributed by atoms with E-state index in [9.17, 15) is 24.6 Å². The number of hydrogen-bond donors (Lipinski definition) is 4. The average Bonchev–Trinajstić information content (AvgIpc) is 3.80. The number of amides is 1. The molecule has 14 nitrogen and oxygen atoms in total. The minimum atomic E-state index is -1.03. The van der Waals surface area contributed by atoms with E-state index in [1.165, 1.54) is 0 Å². The largest absolute Gasteiger partial charge is 0.478 e. The molecule has 14 heteroatoms. The molecule has 0 saturated heterocycles. The van der Waals surface area contributed by atoms with Gasteiger partial charge in [-0.15, -0.1) is 10.2 Å². The van der Waals surface area contributed by atoms with Crippen LogP contribution in [0.1, 0.15) is 66.1 Å². The van der Waals surface area contributed by atoms with Crippen molar-refractivity contribution in [3.63, 3.8) is 0 Å². The number of hydrogen-bond acceptors (Lipinski definition) is 9. The van der Waals surface area contributed by atoms with Crippen LogP contribution in [0.5, 0.6) is 0 Å². The third-order valence-electron chi connectivity index (χ3n) is 9.06. The predicted octanol–water partition coefficient (Wildman–Crippen LogP) is 5.10. The summed E-state index contributed by atoms with van der Waals surface area (Å²) in [6.07, 6.45) is 3.52. The van der Waals surface area contributed by atoms with Crippen LogP contribution in [0.15, 0.2) is 97.3 Å². The fourth-order valence-corrected chi connectivity index (χ4v) is 6.20. The average molecular weight is 684 g/mol. The third-order valence-corrected chi connectivity index (χ3v) is 9.06. The summed E-state index contributed by atoms with van der Waals surface area (Å²) in [4.78, 5) is 38.6. The molecule has 256 valence electrons. The molecule has 4 N–H and O–H groups in total. The molecule has 1 amide bonds. The zero-order chi connectivity index (χ0) is 35.9. The first-order valence-corrected chi connectivity index (χ1v) is 16.0. The first-order chi connectivity index (χ1) is 24.5. The lowest BCUT2D eigenvalue weighted by Gasteiger charge is -2.47. The van der Waals surface area contributed by atoms with Gasteiger partial charge in [-0.05, 0) is 86.0 Å². The van der Waals surface area contributed by atoms with E-state index in [-0.39, 0.29) is 23.6 Å². The molecule has 1 aliphatic rings. The Kier molecular flexibility index (Phi) is 8.27. The van der Waals surface area contributed by atoms with Gasteiger partial charge in [0.25, 0.3) is 5.91 Å². The van der Waals surface area contributed by atoms with Crippen LogP contribution in [0.3, 0.4) is 0 Å². The second-order valence-electron chi connectivity index (χ2n) is 12.5. The van der Waals surface area contributed by atoms with E-state index in [1.54, 1.807) is 64.2 Å². The molecule has 7 rings (SSSR count). The van der Waals surface area contributed by atoms with E-state index >= 15 is 0 Å². The Balaban J connectivity index is 1.12. The number of nitrogens with one attached hydrogen (secondary N) is 2. The van der Waals surface area contributed by atoms with E-state index in [1.807, 2.05) is 63.2 Å². The fourth-order valence-electron chi connectivity index (χ4n) is 6.20. The van der Waals surface area contributed by atoms with Crippen molar-refractivity contribution in [1.29, 1.82) is 0 Å². The van der Waals surface area contributed by atoms with Gasteiger partial charge in [-0.25, -0.2) is 19.0 Å². The summed E-state index contributed by atoms with van der Waals surface area (Å²) in [6.45, 7) is 6.35. The number of para-hydroxylation sites is 1. The molecular weight excluding hydrogens is 650 g/mol. The van der Waals surface area contributed by atoms with Crippen LogP contribution in [-0.2, 0) is 18.8 Å². The summed E-state index contributed by atoms with van der Waals surface area (Å²) in [5, 5.41) is 42.6. The van der Waals surface area contributed by atoms with Gasteiger partial charge in [0.15, 0.2) is 0 Å². The van der Waals surface area contributed by atoms with Crippen molar-refractivity contribution in [3.05, 3.63) is 142 Å². The number of anilines is 2. The predicted molar refractivity (Wildman–Crippen MR) is 187 cm³/mol. The molecule has 0 fully saturated rings.